The number of nitrogens with one attached hydrogen (secondary N) is 1. The Bertz CT molecular complexity index is 385. The average Bonchev–Trinajstić information content (AvgIpc) is 2.85. The summed E-state index contributed by atoms with van der Waals surface area (Å²) in [5.41, 5.74) is 0.827. The number of amides is 1. The van der Waals surface area contributed by atoms with Gasteiger partial charge in [-0.3, -0.25) is 4.79 Å². The first kappa shape index (κ1) is 13.3. The molecule has 1 amide bonds. The minimum atomic E-state index is 0.0342. The largest absolute Gasteiger partial charge is 0.490 e. The molecule has 0 aromatic heterocycles. The van der Waals surface area contributed by atoms with Crippen molar-refractivity contribution in [1.29, 1.82) is 0 Å². The van der Waals surface area contributed by atoms with Gasteiger partial charge < -0.3 is 10.1 Å². The van der Waals surface area contributed by atoms with Gasteiger partial charge in [-0.2, -0.15) is 11.8 Å². The highest BCUT2D eigenvalue weighted by Crippen LogP contribution is 2.24. The summed E-state index contributed by atoms with van der Waals surface area (Å²) in [6.07, 6.45) is 7.15. The zero-order valence-corrected chi connectivity index (χ0v) is 11.5. The Hall–Kier alpha value is -1.16. The van der Waals surface area contributed by atoms with Crippen LogP contribution in [0.15, 0.2) is 24.3 Å². The predicted octanol–water partition coefficient (Wildman–Crippen LogP) is 3.31. The number of rotatable bonds is 5. The monoisotopic (exact) mass is 265 g/mol. The van der Waals surface area contributed by atoms with Gasteiger partial charge in [0.1, 0.15) is 5.75 Å². The molecule has 3 nitrogen and oxygen atoms in total. The summed E-state index contributed by atoms with van der Waals surface area (Å²) in [7, 11) is 0. The summed E-state index contributed by atoms with van der Waals surface area (Å²) in [6.45, 7) is 0. The van der Waals surface area contributed by atoms with E-state index in [-0.39, 0.29) is 5.91 Å². The summed E-state index contributed by atoms with van der Waals surface area (Å²) in [4.78, 5) is 11.4. The lowest BCUT2D eigenvalue weighted by Crippen LogP contribution is -2.14. The predicted molar refractivity (Wildman–Crippen MR) is 76.3 cm³/mol. The van der Waals surface area contributed by atoms with E-state index in [1.54, 1.807) is 0 Å². The number of thioether (sulfide) groups is 1. The van der Waals surface area contributed by atoms with E-state index in [1.807, 2.05) is 30.5 Å². The summed E-state index contributed by atoms with van der Waals surface area (Å²) in [5.74, 6) is 1.41. The molecule has 1 aliphatic rings. The highest BCUT2D eigenvalue weighted by Gasteiger charge is 2.16. The van der Waals surface area contributed by atoms with Crippen molar-refractivity contribution in [2.75, 3.05) is 17.3 Å². The molecule has 0 atom stereocenters. The quantitative estimate of drug-likeness (QED) is 0.887. The molecule has 4 heteroatoms. The SMILES string of the molecule is CSCC(=O)Nc1ccc(OC2CCCC2)cc1. The summed E-state index contributed by atoms with van der Waals surface area (Å²) in [6, 6.07) is 7.63. The van der Waals surface area contributed by atoms with Crippen molar-refractivity contribution in [3.8, 4) is 5.75 Å². The maximum atomic E-state index is 11.4. The molecule has 0 unspecified atom stereocenters. The molecule has 0 saturated heterocycles. The molecule has 2 rings (SSSR count). The van der Waals surface area contributed by atoms with Gasteiger partial charge in [0.2, 0.25) is 5.91 Å². The number of ether oxygens (including phenoxy) is 1. The number of benzene rings is 1. The highest BCUT2D eigenvalue weighted by molar-refractivity contribution is 7.99. The molecule has 0 aliphatic heterocycles. The fourth-order valence-electron chi connectivity index (χ4n) is 2.14. The van der Waals surface area contributed by atoms with Crippen molar-refractivity contribution in [3.63, 3.8) is 0 Å². The third-order valence-electron chi connectivity index (χ3n) is 3.02. The minimum absolute atomic E-state index is 0.0342. The summed E-state index contributed by atoms with van der Waals surface area (Å²) >= 11 is 1.52. The van der Waals surface area contributed by atoms with Crippen molar-refractivity contribution in [2.24, 2.45) is 0 Å². The molecule has 1 fully saturated rings. The lowest BCUT2D eigenvalue weighted by atomic mass is 10.2. The molecular formula is C14H19NO2S. The Morgan fingerprint density at radius 3 is 2.61 bits per heavy atom. The van der Waals surface area contributed by atoms with Gasteiger partial charge in [0.05, 0.1) is 11.9 Å². The molecule has 98 valence electrons. The number of hydrogen-bond donors (Lipinski definition) is 1. The molecule has 0 spiro atoms. The van der Waals surface area contributed by atoms with Crippen molar-refractivity contribution in [3.05, 3.63) is 24.3 Å². The first-order valence-electron chi connectivity index (χ1n) is 6.33. The molecule has 0 radical (unpaired) electrons. The second-order valence-electron chi connectivity index (χ2n) is 4.53. The molecule has 0 heterocycles. The fraction of sp³-hybridized carbons (Fsp3) is 0.500. The van der Waals surface area contributed by atoms with Gasteiger partial charge in [-0.1, -0.05) is 0 Å². The Morgan fingerprint density at radius 1 is 1.33 bits per heavy atom. The van der Waals surface area contributed by atoms with Crippen molar-refractivity contribution >= 4 is 23.4 Å². The molecule has 18 heavy (non-hydrogen) atoms. The van der Waals surface area contributed by atoms with E-state index in [0.717, 1.165) is 24.3 Å². The lowest BCUT2D eigenvalue weighted by Gasteiger charge is -2.13. The van der Waals surface area contributed by atoms with Gasteiger partial charge in [-0.25, -0.2) is 0 Å². The molecule has 1 aromatic rings. The molecule has 1 N–H and O–H groups in total. The van der Waals surface area contributed by atoms with Crippen LogP contribution in [0.1, 0.15) is 25.7 Å². The first-order chi connectivity index (χ1) is 8.78. The van der Waals surface area contributed by atoms with Gasteiger partial charge in [0, 0.05) is 5.69 Å². The third kappa shape index (κ3) is 3.95. The van der Waals surface area contributed by atoms with Crippen LogP contribution in [0.5, 0.6) is 5.75 Å². The maximum Gasteiger partial charge on any atom is 0.234 e. The topological polar surface area (TPSA) is 38.3 Å². The Kier molecular flexibility index (Phi) is 4.93. The van der Waals surface area contributed by atoms with Crippen molar-refractivity contribution in [1.82, 2.24) is 0 Å². The van der Waals surface area contributed by atoms with E-state index < -0.39 is 0 Å². The lowest BCUT2D eigenvalue weighted by molar-refractivity contribution is -0.113. The van der Waals surface area contributed by atoms with Crippen LogP contribution in [0.3, 0.4) is 0 Å². The van der Waals surface area contributed by atoms with Crippen LogP contribution >= 0.6 is 11.8 Å². The van der Waals surface area contributed by atoms with Crippen LogP contribution in [-0.2, 0) is 4.79 Å². The highest BCUT2D eigenvalue weighted by atomic mass is 32.2. The van der Waals surface area contributed by atoms with E-state index in [0.29, 0.717) is 11.9 Å². The van der Waals surface area contributed by atoms with E-state index in [4.69, 9.17) is 4.74 Å². The zero-order valence-electron chi connectivity index (χ0n) is 10.6. The Balaban J connectivity index is 1.86. The number of hydrogen-bond acceptors (Lipinski definition) is 3. The van der Waals surface area contributed by atoms with Gasteiger partial charge in [0.25, 0.3) is 0 Å². The average molecular weight is 265 g/mol. The standard InChI is InChI=1S/C14H19NO2S/c1-18-10-14(16)15-11-6-8-13(9-7-11)17-12-4-2-3-5-12/h6-9,12H,2-5,10H2,1H3,(H,15,16). The molecular weight excluding hydrogens is 246 g/mol. The van der Waals surface area contributed by atoms with Crippen LogP contribution in [0, 0.1) is 0 Å². The van der Waals surface area contributed by atoms with Gasteiger partial charge in [-0.05, 0) is 56.2 Å². The Labute approximate surface area is 112 Å². The second kappa shape index (κ2) is 6.69. The number of carbonyl (C=O) groups is 1. The molecule has 1 aliphatic carbocycles. The van der Waals surface area contributed by atoms with Gasteiger partial charge in [-0.15, -0.1) is 0 Å². The van der Waals surface area contributed by atoms with Crippen LogP contribution < -0.4 is 10.1 Å². The number of anilines is 1. The number of carbonyl (C=O) groups excluding carboxylic acids is 1. The summed E-state index contributed by atoms with van der Waals surface area (Å²) < 4.78 is 5.87. The second-order valence-corrected chi connectivity index (χ2v) is 5.40. The van der Waals surface area contributed by atoms with E-state index in [1.165, 1.54) is 24.6 Å². The van der Waals surface area contributed by atoms with Crippen LogP contribution in [-0.4, -0.2) is 24.0 Å². The zero-order chi connectivity index (χ0) is 12.8. The van der Waals surface area contributed by atoms with Crippen molar-refractivity contribution < 1.29 is 9.53 Å². The van der Waals surface area contributed by atoms with Gasteiger partial charge >= 0.3 is 0 Å². The molecule has 1 saturated carbocycles. The van der Waals surface area contributed by atoms with Crippen LogP contribution in [0.2, 0.25) is 0 Å². The van der Waals surface area contributed by atoms with Gasteiger partial charge in [0.15, 0.2) is 0 Å². The minimum Gasteiger partial charge on any atom is -0.490 e. The van der Waals surface area contributed by atoms with E-state index in [9.17, 15) is 4.79 Å². The smallest absolute Gasteiger partial charge is 0.234 e. The van der Waals surface area contributed by atoms with E-state index in [2.05, 4.69) is 5.32 Å². The Morgan fingerprint density at radius 2 is 2.00 bits per heavy atom. The normalized spacial score (nSPS) is 15.6. The van der Waals surface area contributed by atoms with E-state index >= 15 is 0 Å². The van der Waals surface area contributed by atoms with Crippen LogP contribution in [0.25, 0.3) is 0 Å². The van der Waals surface area contributed by atoms with Crippen molar-refractivity contribution in [2.45, 2.75) is 31.8 Å². The first-order valence-corrected chi connectivity index (χ1v) is 7.73. The molecule has 1 aromatic carbocycles. The summed E-state index contributed by atoms with van der Waals surface area (Å²) in [5, 5.41) is 2.85. The third-order valence-corrected chi connectivity index (χ3v) is 3.57. The van der Waals surface area contributed by atoms with Crippen LogP contribution in [0.4, 0.5) is 5.69 Å². The maximum absolute atomic E-state index is 11.4. The fourth-order valence-corrected chi connectivity index (χ4v) is 2.48. The molecule has 0 bridgehead atoms.